The van der Waals surface area contributed by atoms with Crippen LogP contribution in [0.15, 0.2) is 30.3 Å². The van der Waals surface area contributed by atoms with Crippen molar-refractivity contribution in [3.05, 3.63) is 35.4 Å². The molecular formula is C13H12ClNO2. The second kappa shape index (κ2) is 4.63. The molecule has 3 nitrogen and oxygen atoms in total. The van der Waals surface area contributed by atoms with E-state index in [9.17, 15) is 4.79 Å². The van der Waals surface area contributed by atoms with E-state index in [2.05, 4.69) is 5.32 Å². The molecule has 0 aliphatic rings. The molecule has 0 fully saturated rings. The number of rotatable bonds is 2. The van der Waals surface area contributed by atoms with Crippen molar-refractivity contribution in [2.24, 2.45) is 0 Å². The summed E-state index contributed by atoms with van der Waals surface area (Å²) in [6, 6.07) is 9.27. The van der Waals surface area contributed by atoms with Crippen LogP contribution in [0.5, 0.6) is 5.75 Å². The normalized spacial score (nSPS) is 10.3. The first kappa shape index (κ1) is 11.7. The lowest BCUT2D eigenvalue weighted by Gasteiger charge is -2.08. The van der Waals surface area contributed by atoms with Gasteiger partial charge in [-0.15, -0.1) is 0 Å². The highest BCUT2D eigenvalue weighted by atomic mass is 35.5. The van der Waals surface area contributed by atoms with Crippen molar-refractivity contribution in [1.29, 1.82) is 0 Å². The highest BCUT2D eigenvalue weighted by Gasteiger charge is 2.06. The standard InChI is InChI=1S/C13H12ClNO2/c1-8(16)15-10-4-5-11-9(7-10)3-6-12(17-2)13(11)14/h3-7H,1-2H3,(H,15,16). The number of anilines is 1. The molecule has 1 amide bonds. The molecule has 0 radical (unpaired) electrons. The summed E-state index contributed by atoms with van der Waals surface area (Å²) < 4.78 is 5.15. The van der Waals surface area contributed by atoms with Crippen LogP contribution < -0.4 is 10.1 Å². The molecule has 0 aliphatic carbocycles. The second-order valence-electron chi connectivity index (χ2n) is 3.70. The van der Waals surface area contributed by atoms with Crippen molar-refractivity contribution in [2.75, 3.05) is 12.4 Å². The Balaban J connectivity index is 2.53. The Kier molecular flexibility index (Phi) is 3.20. The lowest BCUT2D eigenvalue weighted by molar-refractivity contribution is -0.114. The first-order chi connectivity index (χ1) is 8.11. The Bertz CT molecular complexity index is 581. The maximum Gasteiger partial charge on any atom is 0.221 e. The molecule has 2 aromatic carbocycles. The number of ether oxygens (including phenoxy) is 1. The number of carbonyl (C=O) groups excluding carboxylic acids is 1. The van der Waals surface area contributed by atoms with E-state index in [1.54, 1.807) is 7.11 Å². The third kappa shape index (κ3) is 2.34. The van der Waals surface area contributed by atoms with Crippen molar-refractivity contribution in [3.63, 3.8) is 0 Å². The van der Waals surface area contributed by atoms with E-state index in [-0.39, 0.29) is 5.91 Å². The minimum absolute atomic E-state index is 0.0936. The van der Waals surface area contributed by atoms with Gasteiger partial charge >= 0.3 is 0 Å². The SMILES string of the molecule is COc1ccc2cc(NC(C)=O)ccc2c1Cl. The Hall–Kier alpha value is -1.74. The van der Waals surface area contributed by atoms with Crippen molar-refractivity contribution in [2.45, 2.75) is 6.92 Å². The monoisotopic (exact) mass is 249 g/mol. The Labute approximate surface area is 104 Å². The number of hydrogen-bond acceptors (Lipinski definition) is 2. The number of benzene rings is 2. The van der Waals surface area contributed by atoms with Gasteiger partial charge in [0.05, 0.1) is 12.1 Å². The average molecular weight is 250 g/mol. The molecule has 0 bridgehead atoms. The summed E-state index contributed by atoms with van der Waals surface area (Å²) in [5, 5.41) is 5.18. The maximum absolute atomic E-state index is 11.0. The Morgan fingerprint density at radius 2 is 2.06 bits per heavy atom. The summed E-state index contributed by atoms with van der Waals surface area (Å²) in [4.78, 5) is 11.0. The molecule has 1 N–H and O–H groups in total. The fraction of sp³-hybridized carbons (Fsp3) is 0.154. The van der Waals surface area contributed by atoms with Gasteiger partial charge in [0.2, 0.25) is 5.91 Å². The molecule has 2 aromatic rings. The predicted octanol–water partition coefficient (Wildman–Crippen LogP) is 3.46. The van der Waals surface area contributed by atoms with Gasteiger partial charge in [-0.1, -0.05) is 23.7 Å². The van der Waals surface area contributed by atoms with Crippen molar-refractivity contribution < 1.29 is 9.53 Å². The summed E-state index contributed by atoms with van der Waals surface area (Å²) >= 11 is 6.19. The summed E-state index contributed by atoms with van der Waals surface area (Å²) in [7, 11) is 1.58. The van der Waals surface area contributed by atoms with E-state index in [0.717, 1.165) is 16.5 Å². The molecule has 0 atom stereocenters. The van der Waals surface area contributed by atoms with Crippen LogP contribution in [0, 0.1) is 0 Å². The summed E-state index contributed by atoms with van der Waals surface area (Å²) in [5.74, 6) is 0.551. The Morgan fingerprint density at radius 1 is 1.29 bits per heavy atom. The van der Waals surface area contributed by atoms with Crippen LogP contribution >= 0.6 is 11.6 Å². The third-order valence-corrected chi connectivity index (χ3v) is 2.85. The van der Waals surface area contributed by atoms with E-state index in [1.807, 2.05) is 30.3 Å². The maximum atomic E-state index is 11.0. The van der Waals surface area contributed by atoms with Crippen LogP contribution in [0.25, 0.3) is 10.8 Å². The molecule has 0 spiro atoms. The molecule has 4 heteroatoms. The first-order valence-electron chi connectivity index (χ1n) is 5.15. The van der Waals surface area contributed by atoms with Crippen LogP contribution in [0.3, 0.4) is 0 Å². The van der Waals surface area contributed by atoms with Gasteiger partial charge in [-0.2, -0.15) is 0 Å². The topological polar surface area (TPSA) is 38.3 Å². The quantitative estimate of drug-likeness (QED) is 0.885. The summed E-state index contributed by atoms with van der Waals surface area (Å²) in [5.41, 5.74) is 0.756. The van der Waals surface area contributed by atoms with E-state index >= 15 is 0 Å². The molecule has 2 rings (SSSR count). The molecule has 0 saturated heterocycles. The molecule has 0 aromatic heterocycles. The van der Waals surface area contributed by atoms with E-state index in [0.29, 0.717) is 10.8 Å². The zero-order valence-corrected chi connectivity index (χ0v) is 10.3. The van der Waals surface area contributed by atoms with Gasteiger partial charge in [-0.3, -0.25) is 4.79 Å². The highest BCUT2D eigenvalue weighted by molar-refractivity contribution is 6.37. The van der Waals surface area contributed by atoms with Gasteiger partial charge in [0, 0.05) is 18.0 Å². The largest absolute Gasteiger partial charge is 0.495 e. The van der Waals surface area contributed by atoms with E-state index < -0.39 is 0 Å². The minimum atomic E-state index is -0.0936. The van der Waals surface area contributed by atoms with Crippen LogP contribution in [0.1, 0.15) is 6.92 Å². The second-order valence-corrected chi connectivity index (χ2v) is 4.08. The fourth-order valence-electron chi connectivity index (χ4n) is 1.71. The first-order valence-corrected chi connectivity index (χ1v) is 5.53. The molecular weight excluding hydrogens is 238 g/mol. The third-order valence-electron chi connectivity index (χ3n) is 2.46. The number of nitrogens with one attached hydrogen (secondary N) is 1. The molecule has 0 unspecified atom stereocenters. The van der Waals surface area contributed by atoms with Gasteiger partial charge in [0.15, 0.2) is 0 Å². The number of carbonyl (C=O) groups is 1. The zero-order chi connectivity index (χ0) is 12.4. The number of methoxy groups -OCH3 is 1. The molecule has 0 aliphatic heterocycles. The van der Waals surface area contributed by atoms with Crippen molar-refractivity contribution in [3.8, 4) is 5.75 Å². The van der Waals surface area contributed by atoms with E-state index in [1.165, 1.54) is 6.92 Å². The van der Waals surface area contributed by atoms with Crippen LogP contribution in [-0.4, -0.2) is 13.0 Å². The van der Waals surface area contributed by atoms with Gasteiger partial charge in [-0.05, 0) is 23.6 Å². The lowest BCUT2D eigenvalue weighted by Crippen LogP contribution is -2.05. The number of fused-ring (bicyclic) bond motifs is 1. The van der Waals surface area contributed by atoms with E-state index in [4.69, 9.17) is 16.3 Å². The van der Waals surface area contributed by atoms with Crippen molar-refractivity contribution >= 4 is 34.0 Å². The zero-order valence-electron chi connectivity index (χ0n) is 9.58. The molecule has 88 valence electrons. The van der Waals surface area contributed by atoms with Gasteiger partial charge < -0.3 is 10.1 Å². The van der Waals surface area contributed by atoms with Crippen LogP contribution in [0.4, 0.5) is 5.69 Å². The lowest BCUT2D eigenvalue weighted by atomic mass is 10.1. The van der Waals surface area contributed by atoms with Gasteiger partial charge in [0.1, 0.15) is 5.75 Å². The summed E-state index contributed by atoms with van der Waals surface area (Å²) in [6.07, 6.45) is 0. The minimum Gasteiger partial charge on any atom is -0.495 e. The molecule has 0 saturated carbocycles. The average Bonchev–Trinajstić information content (AvgIpc) is 2.28. The summed E-state index contributed by atoms with van der Waals surface area (Å²) in [6.45, 7) is 1.48. The molecule has 0 heterocycles. The smallest absolute Gasteiger partial charge is 0.221 e. The number of amides is 1. The number of halogens is 1. The predicted molar refractivity (Wildman–Crippen MR) is 69.8 cm³/mol. The molecule has 17 heavy (non-hydrogen) atoms. The number of hydrogen-bond donors (Lipinski definition) is 1. The fourth-order valence-corrected chi connectivity index (χ4v) is 2.02. The van der Waals surface area contributed by atoms with Crippen LogP contribution in [0.2, 0.25) is 5.02 Å². The van der Waals surface area contributed by atoms with Crippen LogP contribution in [-0.2, 0) is 4.79 Å². The van der Waals surface area contributed by atoms with Gasteiger partial charge in [-0.25, -0.2) is 0 Å². The Morgan fingerprint density at radius 3 is 2.71 bits per heavy atom. The van der Waals surface area contributed by atoms with Gasteiger partial charge in [0.25, 0.3) is 0 Å². The van der Waals surface area contributed by atoms with Crippen molar-refractivity contribution in [1.82, 2.24) is 0 Å². The highest BCUT2D eigenvalue weighted by Crippen LogP contribution is 2.33.